The number of hydrogen-bond donors (Lipinski definition) is 0. The molecule has 0 rings (SSSR count). The van der Waals surface area contributed by atoms with Crippen molar-refractivity contribution in [2.45, 2.75) is 38.1 Å². The molecule has 3 nitrogen and oxygen atoms in total. The number of methoxy groups -OCH3 is 2. The molecule has 0 amide bonds. The van der Waals surface area contributed by atoms with Gasteiger partial charge in [-0.15, -0.1) is 0 Å². The first kappa shape index (κ1) is 13.1. The fraction of sp³-hybridized carbons (Fsp3) is 1.00. The van der Waals surface area contributed by atoms with Crippen LogP contribution in [0.5, 0.6) is 0 Å². The summed E-state index contributed by atoms with van der Waals surface area (Å²) in [5.74, 6) is 0. The first-order valence-corrected chi connectivity index (χ1v) is 6.63. The van der Waals surface area contributed by atoms with Crippen LogP contribution in [0.15, 0.2) is 0 Å². The Balaban J connectivity index is 4.26. The fourth-order valence-corrected chi connectivity index (χ4v) is 4.16. The van der Waals surface area contributed by atoms with Crippen molar-refractivity contribution < 1.29 is 13.9 Å². The minimum absolute atomic E-state index is 0.259. The van der Waals surface area contributed by atoms with Gasteiger partial charge in [-0.25, -0.2) is 0 Å². The van der Waals surface area contributed by atoms with Crippen LogP contribution in [0.3, 0.4) is 0 Å². The normalized spacial score (nSPS) is 18.2. The van der Waals surface area contributed by atoms with Crippen molar-refractivity contribution in [3.05, 3.63) is 0 Å². The summed E-state index contributed by atoms with van der Waals surface area (Å²) in [5.41, 5.74) is 0.518. The highest BCUT2D eigenvalue weighted by molar-refractivity contribution is 6.54. The lowest BCUT2D eigenvalue weighted by molar-refractivity contribution is 0.0975. The Morgan fingerprint density at radius 2 is 1.31 bits per heavy atom. The molecule has 0 aromatic rings. The molecule has 0 aromatic heterocycles. The van der Waals surface area contributed by atoms with E-state index < -0.39 is 9.04 Å². The van der Waals surface area contributed by atoms with Gasteiger partial charge in [-0.3, -0.25) is 0 Å². The molecule has 0 bridgehead atoms. The summed E-state index contributed by atoms with van der Waals surface area (Å²) >= 11 is 0. The number of ether oxygens (including phenoxy) is 2. The molecule has 0 heterocycles. The van der Waals surface area contributed by atoms with Gasteiger partial charge in [0.1, 0.15) is 0 Å². The lowest BCUT2D eigenvalue weighted by Gasteiger charge is -2.27. The average molecular weight is 206 g/mol. The average Bonchev–Trinajstić information content (AvgIpc) is 2.18. The van der Waals surface area contributed by atoms with Gasteiger partial charge in [0.25, 0.3) is 0 Å². The second-order valence-electron chi connectivity index (χ2n) is 3.07. The highest BCUT2D eigenvalue weighted by Crippen LogP contribution is 2.11. The maximum atomic E-state index is 5.53. The molecule has 2 atom stereocenters. The van der Waals surface area contributed by atoms with Crippen LogP contribution in [-0.2, 0) is 13.9 Å². The number of hydrogen-bond acceptors (Lipinski definition) is 3. The summed E-state index contributed by atoms with van der Waals surface area (Å²) in [6.45, 7) is 4.24. The lowest BCUT2D eigenvalue weighted by Crippen LogP contribution is -2.45. The molecule has 0 saturated heterocycles. The lowest BCUT2D eigenvalue weighted by atomic mass is 10.5. The molecule has 0 aliphatic rings. The second-order valence-corrected chi connectivity index (χ2v) is 5.95. The molecule has 2 unspecified atom stereocenters. The topological polar surface area (TPSA) is 27.7 Å². The molecule has 0 radical (unpaired) electrons. The zero-order valence-corrected chi connectivity index (χ0v) is 10.5. The van der Waals surface area contributed by atoms with E-state index in [1.54, 1.807) is 21.3 Å². The van der Waals surface area contributed by atoms with Crippen LogP contribution in [0.25, 0.3) is 0 Å². The molecule has 80 valence electrons. The predicted octanol–water partition coefficient (Wildman–Crippen LogP) is 1.28. The fourth-order valence-electron chi connectivity index (χ4n) is 1.61. The Morgan fingerprint density at radius 1 is 0.923 bits per heavy atom. The minimum Gasteiger partial charge on any atom is -0.418 e. The van der Waals surface area contributed by atoms with E-state index in [1.165, 1.54) is 0 Å². The largest absolute Gasteiger partial charge is 0.418 e. The molecule has 0 aliphatic heterocycles. The third kappa shape index (κ3) is 3.77. The van der Waals surface area contributed by atoms with E-state index in [4.69, 9.17) is 13.9 Å². The van der Waals surface area contributed by atoms with Crippen LogP contribution in [-0.4, -0.2) is 41.8 Å². The van der Waals surface area contributed by atoms with Crippen molar-refractivity contribution in [3.63, 3.8) is 0 Å². The van der Waals surface area contributed by atoms with Crippen molar-refractivity contribution in [2.24, 2.45) is 0 Å². The van der Waals surface area contributed by atoms with Gasteiger partial charge in [-0.2, -0.15) is 0 Å². The van der Waals surface area contributed by atoms with Crippen molar-refractivity contribution in [1.82, 2.24) is 0 Å². The molecule has 0 aliphatic carbocycles. The summed E-state index contributed by atoms with van der Waals surface area (Å²) in [5, 5.41) is 0. The van der Waals surface area contributed by atoms with Gasteiger partial charge >= 0.3 is 0 Å². The Labute approximate surface area is 83.1 Å². The predicted molar refractivity (Wildman–Crippen MR) is 56.3 cm³/mol. The zero-order valence-electron chi connectivity index (χ0n) is 9.37. The van der Waals surface area contributed by atoms with Crippen LogP contribution in [0.1, 0.15) is 26.7 Å². The second kappa shape index (κ2) is 7.50. The van der Waals surface area contributed by atoms with E-state index >= 15 is 0 Å². The van der Waals surface area contributed by atoms with Crippen molar-refractivity contribution in [3.8, 4) is 0 Å². The van der Waals surface area contributed by atoms with E-state index in [2.05, 4.69) is 13.8 Å². The summed E-state index contributed by atoms with van der Waals surface area (Å²) < 4.78 is 16.3. The van der Waals surface area contributed by atoms with E-state index in [0.29, 0.717) is 0 Å². The smallest absolute Gasteiger partial charge is 0.232 e. The van der Waals surface area contributed by atoms with Gasteiger partial charge in [0.05, 0.1) is 11.5 Å². The minimum atomic E-state index is -1.39. The van der Waals surface area contributed by atoms with Crippen LogP contribution in [0.4, 0.5) is 0 Å². The third-order valence-electron chi connectivity index (χ3n) is 2.42. The molecular formula is C9H22O3Si. The van der Waals surface area contributed by atoms with E-state index in [9.17, 15) is 0 Å². The maximum absolute atomic E-state index is 5.53. The molecule has 0 saturated carbocycles. The maximum Gasteiger partial charge on any atom is 0.232 e. The zero-order chi connectivity index (χ0) is 10.3. The van der Waals surface area contributed by atoms with Crippen molar-refractivity contribution >= 4 is 9.04 Å². The van der Waals surface area contributed by atoms with Gasteiger partial charge < -0.3 is 13.9 Å². The van der Waals surface area contributed by atoms with Gasteiger partial charge in [-0.05, 0) is 12.8 Å². The number of rotatable bonds is 7. The first-order valence-electron chi connectivity index (χ1n) is 4.83. The van der Waals surface area contributed by atoms with Crippen LogP contribution in [0.2, 0.25) is 0 Å². The van der Waals surface area contributed by atoms with Gasteiger partial charge in [0, 0.05) is 21.3 Å². The molecule has 0 spiro atoms. The Kier molecular flexibility index (Phi) is 7.55. The summed E-state index contributed by atoms with van der Waals surface area (Å²) in [7, 11) is 3.87. The van der Waals surface area contributed by atoms with Crippen LogP contribution < -0.4 is 0 Å². The molecule has 13 heavy (non-hydrogen) atoms. The van der Waals surface area contributed by atoms with Gasteiger partial charge in [0.2, 0.25) is 9.04 Å². The quantitative estimate of drug-likeness (QED) is 0.587. The standard InChI is InChI=1S/C9H22O3Si/c1-6-8(10-3)13(12-5)9(7-2)11-4/h8-9,13H,6-7H2,1-5H3. The Bertz CT molecular complexity index is 101. The highest BCUT2D eigenvalue weighted by Gasteiger charge is 2.30. The summed E-state index contributed by atoms with van der Waals surface area (Å²) in [6.07, 6.45) is 2.00. The van der Waals surface area contributed by atoms with Crippen molar-refractivity contribution in [2.75, 3.05) is 21.3 Å². The van der Waals surface area contributed by atoms with E-state index in [0.717, 1.165) is 12.8 Å². The van der Waals surface area contributed by atoms with E-state index in [1.807, 2.05) is 0 Å². The van der Waals surface area contributed by atoms with E-state index in [-0.39, 0.29) is 11.5 Å². The first-order chi connectivity index (χ1) is 6.24. The van der Waals surface area contributed by atoms with Gasteiger partial charge in [-0.1, -0.05) is 13.8 Å². The van der Waals surface area contributed by atoms with Crippen LogP contribution >= 0.6 is 0 Å². The Morgan fingerprint density at radius 3 is 1.46 bits per heavy atom. The molecule has 0 aromatic carbocycles. The highest BCUT2D eigenvalue weighted by atomic mass is 28.3. The molecule has 0 fully saturated rings. The van der Waals surface area contributed by atoms with Crippen molar-refractivity contribution in [1.29, 1.82) is 0 Å². The third-order valence-corrected chi connectivity index (χ3v) is 5.91. The SMILES string of the molecule is CCC(OC)[SiH](OC)C(CC)OC. The molecule has 0 N–H and O–H groups in total. The monoisotopic (exact) mass is 206 g/mol. The molecular weight excluding hydrogens is 184 g/mol. The van der Waals surface area contributed by atoms with Crippen LogP contribution in [0, 0.1) is 0 Å². The molecule has 4 heteroatoms. The van der Waals surface area contributed by atoms with Gasteiger partial charge in [0.15, 0.2) is 0 Å². The Hall–Kier alpha value is 0.0969. The summed E-state index contributed by atoms with van der Waals surface area (Å²) in [4.78, 5) is 0. The summed E-state index contributed by atoms with van der Waals surface area (Å²) in [6, 6.07) is 0.